The first kappa shape index (κ1) is 24.1. The van der Waals surface area contributed by atoms with Crippen LogP contribution in [0, 0.1) is 0 Å². The molecule has 3 rings (SSSR count). The molecular weight excluding hydrogens is 493 g/mol. The molecule has 1 heterocycles. The van der Waals surface area contributed by atoms with Crippen molar-refractivity contribution in [2.24, 2.45) is 4.99 Å². The topological polar surface area (TPSA) is 55.3 Å². The summed E-state index contributed by atoms with van der Waals surface area (Å²) in [4.78, 5) is 7.26. The van der Waals surface area contributed by atoms with Gasteiger partial charge in [-0.25, -0.2) is 0 Å². The number of benzene rings is 2. The van der Waals surface area contributed by atoms with E-state index in [0.29, 0.717) is 23.8 Å². The number of aliphatic imine (C=N–C) groups is 1. The molecule has 2 aromatic carbocycles. The molecule has 0 amide bonds. The summed E-state index contributed by atoms with van der Waals surface area (Å²) < 4.78 is 16.5. The SMILES string of the molecule is COc1ccc(CCN=C(Nc2ccccc2)N2CCCCC2)c(OC)c1OC.I. The Labute approximate surface area is 196 Å². The maximum atomic E-state index is 5.60. The fourth-order valence-corrected chi connectivity index (χ4v) is 3.62. The lowest BCUT2D eigenvalue weighted by Gasteiger charge is -2.30. The number of ether oxygens (including phenoxy) is 3. The van der Waals surface area contributed by atoms with Crippen molar-refractivity contribution in [1.29, 1.82) is 0 Å². The third-order valence-corrected chi connectivity index (χ3v) is 5.11. The zero-order valence-corrected chi connectivity index (χ0v) is 20.3. The minimum Gasteiger partial charge on any atom is -0.493 e. The molecule has 1 aliphatic rings. The second-order valence-electron chi connectivity index (χ2n) is 6.99. The van der Waals surface area contributed by atoms with Crippen LogP contribution in [0.15, 0.2) is 47.5 Å². The van der Waals surface area contributed by atoms with Crippen LogP contribution >= 0.6 is 24.0 Å². The van der Waals surface area contributed by atoms with Gasteiger partial charge in [0.25, 0.3) is 0 Å². The van der Waals surface area contributed by atoms with Gasteiger partial charge < -0.3 is 24.4 Å². The molecule has 2 aromatic rings. The Morgan fingerprint density at radius 2 is 1.60 bits per heavy atom. The van der Waals surface area contributed by atoms with Crippen molar-refractivity contribution in [3.63, 3.8) is 0 Å². The number of para-hydroxylation sites is 1. The number of nitrogens with zero attached hydrogens (tertiary/aromatic N) is 2. The highest BCUT2D eigenvalue weighted by Crippen LogP contribution is 2.39. The van der Waals surface area contributed by atoms with Crippen LogP contribution in [0.2, 0.25) is 0 Å². The first-order valence-corrected chi connectivity index (χ1v) is 10.2. The molecule has 0 atom stereocenters. The highest BCUT2D eigenvalue weighted by molar-refractivity contribution is 14.0. The van der Waals surface area contributed by atoms with Crippen LogP contribution in [0.4, 0.5) is 5.69 Å². The van der Waals surface area contributed by atoms with Gasteiger partial charge >= 0.3 is 0 Å². The van der Waals surface area contributed by atoms with E-state index in [1.807, 2.05) is 30.3 Å². The third-order valence-electron chi connectivity index (χ3n) is 5.11. The number of guanidine groups is 1. The number of nitrogens with one attached hydrogen (secondary N) is 1. The van der Waals surface area contributed by atoms with Gasteiger partial charge in [-0.05, 0) is 43.9 Å². The lowest BCUT2D eigenvalue weighted by molar-refractivity contribution is 0.322. The monoisotopic (exact) mass is 525 g/mol. The lowest BCUT2D eigenvalue weighted by Crippen LogP contribution is -2.40. The van der Waals surface area contributed by atoms with Gasteiger partial charge in [-0.15, -0.1) is 24.0 Å². The highest BCUT2D eigenvalue weighted by atomic mass is 127. The summed E-state index contributed by atoms with van der Waals surface area (Å²) in [5.74, 6) is 2.93. The molecule has 0 bridgehead atoms. The van der Waals surface area contributed by atoms with E-state index < -0.39 is 0 Å². The maximum absolute atomic E-state index is 5.60. The predicted molar refractivity (Wildman–Crippen MR) is 133 cm³/mol. The van der Waals surface area contributed by atoms with Crippen molar-refractivity contribution in [3.8, 4) is 17.2 Å². The van der Waals surface area contributed by atoms with Crippen LogP contribution in [0.25, 0.3) is 0 Å². The van der Waals surface area contributed by atoms with E-state index in [1.165, 1.54) is 19.3 Å². The number of likely N-dealkylation sites (tertiary alicyclic amines) is 1. The Kier molecular flexibility index (Phi) is 10.1. The molecule has 1 saturated heterocycles. The number of anilines is 1. The Morgan fingerprint density at radius 3 is 2.23 bits per heavy atom. The minimum atomic E-state index is 0. The number of hydrogen-bond donors (Lipinski definition) is 1. The van der Waals surface area contributed by atoms with Crippen LogP contribution in [0.5, 0.6) is 17.2 Å². The van der Waals surface area contributed by atoms with E-state index in [-0.39, 0.29) is 24.0 Å². The van der Waals surface area contributed by atoms with E-state index >= 15 is 0 Å². The average molecular weight is 525 g/mol. The van der Waals surface area contributed by atoms with Gasteiger partial charge in [-0.2, -0.15) is 0 Å². The summed E-state index contributed by atoms with van der Waals surface area (Å²) in [5.41, 5.74) is 2.10. The largest absolute Gasteiger partial charge is 0.493 e. The van der Waals surface area contributed by atoms with E-state index in [0.717, 1.165) is 36.7 Å². The summed E-state index contributed by atoms with van der Waals surface area (Å²) in [6, 6.07) is 14.1. The van der Waals surface area contributed by atoms with E-state index in [9.17, 15) is 0 Å². The first-order chi connectivity index (χ1) is 14.3. The predicted octanol–water partition coefficient (Wildman–Crippen LogP) is 4.83. The van der Waals surface area contributed by atoms with Crippen molar-refractivity contribution < 1.29 is 14.2 Å². The number of rotatable bonds is 7. The molecule has 6 nitrogen and oxygen atoms in total. The molecule has 164 valence electrons. The van der Waals surface area contributed by atoms with Gasteiger partial charge in [0.1, 0.15) is 0 Å². The second kappa shape index (κ2) is 12.5. The Hall–Kier alpha value is -2.16. The van der Waals surface area contributed by atoms with E-state index in [4.69, 9.17) is 19.2 Å². The van der Waals surface area contributed by atoms with Crippen LogP contribution in [0.1, 0.15) is 24.8 Å². The van der Waals surface area contributed by atoms with Crippen molar-refractivity contribution in [2.45, 2.75) is 25.7 Å². The highest BCUT2D eigenvalue weighted by Gasteiger charge is 2.17. The van der Waals surface area contributed by atoms with Crippen LogP contribution in [-0.4, -0.2) is 51.8 Å². The minimum absolute atomic E-state index is 0. The molecule has 1 N–H and O–H groups in total. The van der Waals surface area contributed by atoms with Gasteiger partial charge in [0.05, 0.1) is 21.3 Å². The molecule has 0 aliphatic carbocycles. The molecule has 7 heteroatoms. The van der Waals surface area contributed by atoms with E-state index in [1.54, 1.807) is 21.3 Å². The summed E-state index contributed by atoms with van der Waals surface area (Å²) in [5, 5.41) is 3.50. The third kappa shape index (κ3) is 6.17. The number of methoxy groups -OCH3 is 3. The molecule has 30 heavy (non-hydrogen) atoms. The number of halogens is 1. The average Bonchev–Trinajstić information content (AvgIpc) is 2.79. The van der Waals surface area contributed by atoms with E-state index in [2.05, 4.69) is 22.3 Å². The van der Waals surface area contributed by atoms with Crippen molar-refractivity contribution >= 4 is 35.6 Å². The molecule has 1 fully saturated rings. The Morgan fingerprint density at radius 1 is 0.900 bits per heavy atom. The fourth-order valence-electron chi connectivity index (χ4n) is 3.62. The second-order valence-corrected chi connectivity index (χ2v) is 6.99. The molecule has 0 saturated carbocycles. The smallest absolute Gasteiger partial charge is 0.203 e. The zero-order chi connectivity index (χ0) is 20.5. The fraction of sp³-hybridized carbons (Fsp3) is 0.435. The van der Waals surface area contributed by atoms with Gasteiger partial charge in [0.2, 0.25) is 5.75 Å². The van der Waals surface area contributed by atoms with Gasteiger partial charge in [-0.3, -0.25) is 4.99 Å². The molecule has 0 unspecified atom stereocenters. The van der Waals surface area contributed by atoms with Crippen LogP contribution in [-0.2, 0) is 6.42 Å². The van der Waals surface area contributed by atoms with Crippen LogP contribution in [0.3, 0.4) is 0 Å². The van der Waals surface area contributed by atoms with Gasteiger partial charge in [0, 0.05) is 30.9 Å². The normalized spacial score (nSPS) is 14.0. The molecule has 0 aromatic heterocycles. The van der Waals surface area contributed by atoms with Gasteiger partial charge in [-0.1, -0.05) is 24.3 Å². The van der Waals surface area contributed by atoms with Crippen molar-refractivity contribution in [3.05, 3.63) is 48.0 Å². The summed E-state index contributed by atoms with van der Waals surface area (Å²) in [6.45, 7) is 2.73. The van der Waals surface area contributed by atoms with Gasteiger partial charge in [0.15, 0.2) is 17.5 Å². The Bertz CT molecular complexity index is 809. The number of hydrogen-bond acceptors (Lipinski definition) is 4. The summed E-state index contributed by atoms with van der Waals surface area (Å²) >= 11 is 0. The molecule has 0 spiro atoms. The van der Waals surface area contributed by atoms with Crippen molar-refractivity contribution in [1.82, 2.24) is 4.90 Å². The molecule has 0 radical (unpaired) electrons. The lowest BCUT2D eigenvalue weighted by atomic mass is 10.1. The zero-order valence-electron chi connectivity index (χ0n) is 18.0. The molecule has 1 aliphatic heterocycles. The van der Waals surface area contributed by atoms with Crippen molar-refractivity contribution in [2.75, 3.05) is 46.3 Å². The first-order valence-electron chi connectivity index (χ1n) is 10.2. The standard InChI is InChI=1S/C23H31N3O3.HI/c1-27-20-13-12-18(21(28-2)22(20)29-3)14-15-24-23(26-16-8-5-9-17-26)25-19-10-6-4-7-11-19;/h4,6-7,10-13H,5,8-9,14-17H2,1-3H3,(H,24,25);1H. The quantitative estimate of drug-likeness (QED) is 0.319. The van der Waals surface area contributed by atoms with Crippen LogP contribution < -0.4 is 19.5 Å². The maximum Gasteiger partial charge on any atom is 0.203 e. The summed E-state index contributed by atoms with van der Waals surface area (Å²) in [6.07, 6.45) is 4.45. The Balaban J connectivity index is 0.00000320. The number of piperidine rings is 1. The summed E-state index contributed by atoms with van der Waals surface area (Å²) in [7, 11) is 4.90. The molecular formula is C23H32IN3O3.